The van der Waals surface area contributed by atoms with Crippen LogP contribution < -0.4 is 5.32 Å². The van der Waals surface area contributed by atoms with Gasteiger partial charge in [0.15, 0.2) is 0 Å². The van der Waals surface area contributed by atoms with Crippen molar-refractivity contribution in [2.45, 2.75) is 58.6 Å². The van der Waals surface area contributed by atoms with Gasteiger partial charge in [0.1, 0.15) is 0 Å². The van der Waals surface area contributed by atoms with E-state index < -0.39 is 0 Å². The summed E-state index contributed by atoms with van der Waals surface area (Å²) in [5.41, 5.74) is 4.76. The lowest BCUT2D eigenvalue weighted by Crippen LogP contribution is -2.01. The second kappa shape index (κ2) is 9.36. The van der Waals surface area contributed by atoms with Gasteiger partial charge in [0, 0.05) is 12.2 Å². The predicted molar refractivity (Wildman–Crippen MR) is 98.7 cm³/mol. The van der Waals surface area contributed by atoms with Crippen LogP contribution in [0.1, 0.15) is 62.3 Å². The number of benzene rings is 2. The van der Waals surface area contributed by atoms with Crippen LogP contribution in [0.4, 0.5) is 5.69 Å². The first-order valence-corrected chi connectivity index (χ1v) is 8.82. The Bertz CT molecular complexity index is 559. The van der Waals surface area contributed by atoms with Crippen molar-refractivity contribution in [3.05, 3.63) is 65.2 Å². The fourth-order valence-corrected chi connectivity index (χ4v) is 2.67. The fourth-order valence-electron chi connectivity index (χ4n) is 2.67. The van der Waals surface area contributed by atoms with Gasteiger partial charge in [-0.2, -0.15) is 0 Å². The van der Waals surface area contributed by atoms with Gasteiger partial charge in [-0.05, 0) is 41.7 Å². The van der Waals surface area contributed by atoms with Crippen LogP contribution in [0.15, 0.2) is 48.5 Å². The van der Waals surface area contributed by atoms with E-state index in [0.29, 0.717) is 0 Å². The summed E-state index contributed by atoms with van der Waals surface area (Å²) in [7, 11) is 0. The van der Waals surface area contributed by atoms with Gasteiger partial charge in [-0.25, -0.2) is 0 Å². The maximum atomic E-state index is 10.2. The van der Waals surface area contributed by atoms with Gasteiger partial charge >= 0.3 is 0 Å². The van der Waals surface area contributed by atoms with Crippen molar-refractivity contribution in [2.75, 3.05) is 5.32 Å². The van der Waals surface area contributed by atoms with Gasteiger partial charge in [-0.15, -0.1) is 0 Å². The normalized spacial score (nSPS) is 12.1. The first kappa shape index (κ1) is 17.6. The summed E-state index contributed by atoms with van der Waals surface area (Å²) in [5.74, 6) is 0. The minimum atomic E-state index is -0.336. The number of unbranched alkanes of at least 4 members (excludes halogenated alkanes) is 2. The molecule has 1 atom stereocenters. The molecule has 0 aliphatic carbocycles. The molecule has 2 N–H and O–H groups in total. The Labute approximate surface area is 140 Å². The van der Waals surface area contributed by atoms with Crippen LogP contribution in [0.3, 0.4) is 0 Å². The standard InChI is InChI=1S/C21H29NO/c1-3-5-6-7-21(23)19-12-14-20(15-13-19)22-16-18-10-8-17(4-2)9-11-18/h8-15,21-23H,3-7,16H2,1-2H3. The third-order valence-corrected chi connectivity index (χ3v) is 4.30. The van der Waals surface area contributed by atoms with E-state index in [4.69, 9.17) is 0 Å². The van der Waals surface area contributed by atoms with Crippen LogP contribution in [0, 0.1) is 0 Å². The van der Waals surface area contributed by atoms with Crippen LogP contribution in [-0.2, 0) is 13.0 Å². The van der Waals surface area contributed by atoms with E-state index in [-0.39, 0.29) is 6.10 Å². The third-order valence-electron chi connectivity index (χ3n) is 4.30. The summed E-state index contributed by atoms with van der Waals surface area (Å²) in [5, 5.41) is 13.6. The largest absolute Gasteiger partial charge is 0.388 e. The van der Waals surface area contributed by atoms with Crippen molar-refractivity contribution in [2.24, 2.45) is 0 Å². The molecule has 0 saturated heterocycles. The number of aliphatic hydroxyl groups is 1. The van der Waals surface area contributed by atoms with Gasteiger partial charge in [-0.1, -0.05) is 69.5 Å². The minimum Gasteiger partial charge on any atom is -0.388 e. The monoisotopic (exact) mass is 311 g/mol. The lowest BCUT2D eigenvalue weighted by Gasteiger charge is -2.12. The van der Waals surface area contributed by atoms with Crippen LogP contribution in [0.25, 0.3) is 0 Å². The molecule has 0 amide bonds. The number of nitrogens with one attached hydrogen (secondary N) is 1. The second-order valence-corrected chi connectivity index (χ2v) is 6.16. The van der Waals surface area contributed by atoms with E-state index in [9.17, 15) is 5.11 Å². The van der Waals surface area contributed by atoms with E-state index in [2.05, 4.69) is 55.6 Å². The Kier molecular flexibility index (Phi) is 7.15. The van der Waals surface area contributed by atoms with E-state index in [1.54, 1.807) is 0 Å². The average Bonchev–Trinajstić information content (AvgIpc) is 2.61. The molecule has 2 aromatic carbocycles. The molecule has 2 rings (SSSR count). The van der Waals surface area contributed by atoms with E-state index in [0.717, 1.165) is 37.1 Å². The molecule has 2 heteroatoms. The van der Waals surface area contributed by atoms with Gasteiger partial charge in [0.25, 0.3) is 0 Å². The highest BCUT2D eigenvalue weighted by molar-refractivity contribution is 5.45. The zero-order valence-electron chi connectivity index (χ0n) is 14.4. The zero-order chi connectivity index (χ0) is 16.5. The molecule has 23 heavy (non-hydrogen) atoms. The number of aliphatic hydroxyl groups excluding tert-OH is 1. The molecular formula is C21H29NO. The molecule has 2 aromatic rings. The van der Waals surface area contributed by atoms with Crippen molar-refractivity contribution in [1.29, 1.82) is 0 Å². The molecule has 0 spiro atoms. The highest BCUT2D eigenvalue weighted by Gasteiger charge is 2.06. The summed E-state index contributed by atoms with van der Waals surface area (Å²) >= 11 is 0. The van der Waals surface area contributed by atoms with Crippen molar-refractivity contribution in [3.63, 3.8) is 0 Å². The Morgan fingerprint density at radius 2 is 1.52 bits per heavy atom. The summed E-state index contributed by atoms with van der Waals surface area (Å²) in [4.78, 5) is 0. The lowest BCUT2D eigenvalue weighted by molar-refractivity contribution is 0.163. The first-order valence-electron chi connectivity index (χ1n) is 8.82. The van der Waals surface area contributed by atoms with Crippen molar-refractivity contribution in [3.8, 4) is 0 Å². The van der Waals surface area contributed by atoms with Crippen LogP contribution in [0.2, 0.25) is 0 Å². The van der Waals surface area contributed by atoms with Crippen molar-refractivity contribution >= 4 is 5.69 Å². The second-order valence-electron chi connectivity index (χ2n) is 6.16. The molecule has 0 aliphatic heterocycles. The first-order chi connectivity index (χ1) is 11.2. The molecule has 0 aromatic heterocycles. The highest BCUT2D eigenvalue weighted by atomic mass is 16.3. The number of hydrogen-bond donors (Lipinski definition) is 2. The average molecular weight is 311 g/mol. The Morgan fingerprint density at radius 1 is 0.870 bits per heavy atom. The van der Waals surface area contributed by atoms with E-state index >= 15 is 0 Å². The molecule has 0 heterocycles. The van der Waals surface area contributed by atoms with Gasteiger partial charge in [0.2, 0.25) is 0 Å². The third kappa shape index (κ3) is 5.72. The summed E-state index contributed by atoms with van der Waals surface area (Å²) in [6.07, 6.45) is 5.06. The van der Waals surface area contributed by atoms with Crippen LogP contribution >= 0.6 is 0 Å². The lowest BCUT2D eigenvalue weighted by atomic mass is 10.0. The maximum Gasteiger partial charge on any atom is 0.0790 e. The number of hydrogen-bond acceptors (Lipinski definition) is 2. The predicted octanol–water partition coefficient (Wildman–Crippen LogP) is 5.47. The SMILES string of the molecule is CCCCCC(O)c1ccc(NCc2ccc(CC)cc2)cc1. The molecule has 0 aliphatic rings. The zero-order valence-corrected chi connectivity index (χ0v) is 14.4. The highest BCUT2D eigenvalue weighted by Crippen LogP contribution is 2.21. The summed E-state index contributed by atoms with van der Waals surface area (Å²) < 4.78 is 0. The smallest absolute Gasteiger partial charge is 0.0790 e. The van der Waals surface area contributed by atoms with Crippen molar-refractivity contribution in [1.82, 2.24) is 0 Å². The molecule has 1 unspecified atom stereocenters. The van der Waals surface area contributed by atoms with E-state index in [1.807, 2.05) is 12.1 Å². The quantitative estimate of drug-likeness (QED) is 0.601. The summed E-state index contributed by atoms with van der Waals surface area (Å²) in [6.45, 7) is 5.18. The van der Waals surface area contributed by atoms with E-state index in [1.165, 1.54) is 24.0 Å². The Hall–Kier alpha value is -1.80. The number of aryl methyl sites for hydroxylation is 1. The fraction of sp³-hybridized carbons (Fsp3) is 0.429. The topological polar surface area (TPSA) is 32.3 Å². The molecule has 0 saturated carbocycles. The van der Waals surface area contributed by atoms with Crippen molar-refractivity contribution < 1.29 is 5.11 Å². The Balaban J connectivity index is 1.84. The Morgan fingerprint density at radius 3 is 2.13 bits per heavy atom. The van der Waals surface area contributed by atoms with Gasteiger partial charge in [-0.3, -0.25) is 0 Å². The van der Waals surface area contributed by atoms with Crippen LogP contribution in [-0.4, -0.2) is 5.11 Å². The molecule has 124 valence electrons. The maximum absolute atomic E-state index is 10.2. The molecular weight excluding hydrogens is 282 g/mol. The molecule has 0 radical (unpaired) electrons. The summed E-state index contributed by atoms with van der Waals surface area (Å²) in [6, 6.07) is 16.9. The van der Waals surface area contributed by atoms with Gasteiger partial charge < -0.3 is 10.4 Å². The molecule has 2 nitrogen and oxygen atoms in total. The molecule has 0 fully saturated rings. The molecule has 0 bridgehead atoms. The number of rotatable bonds is 9. The van der Waals surface area contributed by atoms with Gasteiger partial charge in [0.05, 0.1) is 6.10 Å². The minimum absolute atomic E-state index is 0.336. The number of anilines is 1. The van der Waals surface area contributed by atoms with Crippen LogP contribution in [0.5, 0.6) is 0 Å².